The van der Waals surface area contributed by atoms with Crippen LogP contribution in [0.25, 0.3) is 5.52 Å². The summed E-state index contributed by atoms with van der Waals surface area (Å²) in [5, 5.41) is 2.83. The third-order valence-corrected chi connectivity index (χ3v) is 5.18. The van der Waals surface area contributed by atoms with Gasteiger partial charge in [-0.3, -0.25) is 4.79 Å². The number of anilines is 1. The van der Waals surface area contributed by atoms with E-state index in [-0.39, 0.29) is 18.0 Å². The van der Waals surface area contributed by atoms with Crippen molar-refractivity contribution >= 4 is 23.1 Å². The predicted molar refractivity (Wildman–Crippen MR) is 112 cm³/mol. The Morgan fingerprint density at radius 2 is 2.07 bits per heavy atom. The number of rotatable bonds is 4. The highest BCUT2D eigenvalue weighted by Crippen LogP contribution is 2.33. The Labute approximate surface area is 174 Å². The molecule has 0 saturated carbocycles. The molecule has 0 spiro atoms. The summed E-state index contributed by atoms with van der Waals surface area (Å²) >= 11 is 0. The van der Waals surface area contributed by atoms with E-state index < -0.39 is 0 Å². The van der Waals surface area contributed by atoms with Crippen molar-refractivity contribution in [3.05, 3.63) is 54.2 Å². The largest absolute Gasteiger partial charge is 0.480 e. The molecule has 1 aliphatic rings. The molecular weight excluding hydrogens is 384 g/mol. The van der Waals surface area contributed by atoms with E-state index in [1.165, 1.54) is 7.11 Å². The second kappa shape index (κ2) is 8.02. The Bertz CT molecular complexity index is 1090. The fraction of sp³-hybridized carbons (Fsp3) is 0.333. The fourth-order valence-electron chi connectivity index (χ4n) is 3.81. The van der Waals surface area contributed by atoms with Crippen LogP contribution in [0.3, 0.4) is 0 Å². The van der Waals surface area contributed by atoms with E-state index in [2.05, 4.69) is 10.3 Å². The molecule has 1 N–H and O–H groups in total. The number of carbonyl (C=O) groups is 2. The lowest BCUT2D eigenvalue weighted by Gasteiger charge is -2.27. The topological polar surface area (TPSA) is 92.1 Å². The maximum absolute atomic E-state index is 13.1. The highest BCUT2D eigenvalue weighted by Gasteiger charge is 2.35. The molecule has 9 heteroatoms. The number of pyridine rings is 2. The van der Waals surface area contributed by atoms with Gasteiger partial charge in [-0.1, -0.05) is 6.07 Å². The Morgan fingerprint density at radius 3 is 2.83 bits per heavy atom. The van der Waals surface area contributed by atoms with Crippen LogP contribution >= 0.6 is 0 Å². The molecule has 1 aliphatic heterocycles. The first-order valence-corrected chi connectivity index (χ1v) is 9.76. The highest BCUT2D eigenvalue weighted by atomic mass is 16.5. The normalized spacial score (nSPS) is 16.0. The van der Waals surface area contributed by atoms with Gasteiger partial charge < -0.3 is 24.3 Å². The fourth-order valence-corrected chi connectivity index (χ4v) is 3.81. The summed E-state index contributed by atoms with van der Waals surface area (Å²) in [6.45, 7) is 0.665. The first-order valence-electron chi connectivity index (χ1n) is 9.76. The summed E-state index contributed by atoms with van der Waals surface area (Å²) in [5.41, 5.74) is 1.44. The summed E-state index contributed by atoms with van der Waals surface area (Å²) < 4.78 is 7.11. The number of nitrogens with one attached hydrogen (secondary N) is 1. The lowest BCUT2D eigenvalue weighted by molar-refractivity contribution is 0.102. The first-order chi connectivity index (χ1) is 14.5. The summed E-state index contributed by atoms with van der Waals surface area (Å²) in [6, 6.07) is 8.78. The lowest BCUT2D eigenvalue weighted by Crippen LogP contribution is -2.39. The molecule has 30 heavy (non-hydrogen) atoms. The molecular formula is C21H24N6O3. The molecule has 1 fully saturated rings. The van der Waals surface area contributed by atoms with E-state index in [0.717, 1.165) is 12.8 Å². The molecule has 1 saturated heterocycles. The van der Waals surface area contributed by atoms with Crippen LogP contribution in [0.4, 0.5) is 10.5 Å². The van der Waals surface area contributed by atoms with Crippen molar-refractivity contribution in [2.24, 2.45) is 0 Å². The zero-order valence-electron chi connectivity index (χ0n) is 17.2. The molecule has 0 aliphatic carbocycles. The third-order valence-electron chi connectivity index (χ3n) is 5.18. The van der Waals surface area contributed by atoms with E-state index in [1.807, 2.05) is 33.7 Å². The number of methoxy groups -OCH3 is 1. The highest BCUT2D eigenvalue weighted by molar-refractivity contribution is 6.08. The van der Waals surface area contributed by atoms with Crippen molar-refractivity contribution < 1.29 is 14.3 Å². The van der Waals surface area contributed by atoms with Crippen LogP contribution in [-0.2, 0) is 0 Å². The van der Waals surface area contributed by atoms with Crippen molar-refractivity contribution in [1.82, 2.24) is 24.2 Å². The monoisotopic (exact) mass is 408 g/mol. The minimum absolute atomic E-state index is 0.0590. The van der Waals surface area contributed by atoms with Crippen molar-refractivity contribution in [3.63, 3.8) is 0 Å². The molecule has 1 atom stereocenters. The summed E-state index contributed by atoms with van der Waals surface area (Å²) in [4.78, 5) is 37.9. The number of fused-ring (bicyclic) bond motifs is 1. The van der Waals surface area contributed by atoms with Gasteiger partial charge in [0.05, 0.1) is 18.7 Å². The third kappa shape index (κ3) is 3.42. The molecule has 0 radical (unpaired) electrons. The SMILES string of the molecule is COc1ncccc1NC(=O)c1nc(C2CCCN2C(=O)N(C)C)n2ccccc12. The first kappa shape index (κ1) is 19.7. The average molecular weight is 408 g/mol. The number of imidazole rings is 1. The van der Waals surface area contributed by atoms with Crippen molar-refractivity contribution in [1.29, 1.82) is 0 Å². The number of likely N-dealkylation sites (tertiary alicyclic amines) is 1. The number of hydrogen-bond donors (Lipinski definition) is 1. The molecule has 156 valence electrons. The Morgan fingerprint density at radius 1 is 1.23 bits per heavy atom. The quantitative estimate of drug-likeness (QED) is 0.717. The Hall–Kier alpha value is -3.62. The number of carbonyl (C=O) groups excluding carboxylic acids is 2. The van der Waals surface area contributed by atoms with Gasteiger partial charge in [-0.25, -0.2) is 14.8 Å². The lowest BCUT2D eigenvalue weighted by atomic mass is 10.2. The Balaban J connectivity index is 1.72. The molecule has 3 aromatic rings. The number of aromatic nitrogens is 3. The molecule has 3 aromatic heterocycles. The van der Waals surface area contributed by atoms with Gasteiger partial charge in [0.25, 0.3) is 5.91 Å². The minimum atomic E-state index is -0.361. The van der Waals surface area contributed by atoms with Crippen molar-refractivity contribution in [3.8, 4) is 5.88 Å². The number of urea groups is 1. The smallest absolute Gasteiger partial charge is 0.320 e. The van der Waals surface area contributed by atoms with E-state index >= 15 is 0 Å². The van der Waals surface area contributed by atoms with Gasteiger partial charge in [0.2, 0.25) is 5.88 Å². The van der Waals surface area contributed by atoms with Gasteiger partial charge in [-0.05, 0) is 37.1 Å². The van der Waals surface area contributed by atoms with Crippen LogP contribution in [0.2, 0.25) is 0 Å². The van der Waals surface area contributed by atoms with Gasteiger partial charge in [0, 0.05) is 33.0 Å². The van der Waals surface area contributed by atoms with E-state index in [9.17, 15) is 9.59 Å². The zero-order valence-corrected chi connectivity index (χ0v) is 17.2. The predicted octanol–water partition coefficient (Wildman–Crippen LogP) is 2.81. The molecule has 9 nitrogen and oxygen atoms in total. The van der Waals surface area contributed by atoms with Crippen LogP contribution in [-0.4, -0.2) is 63.9 Å². The average Bonchev–Trinajstić information content (AvgIpc) is 3.38. The molecule has 0 bridgehead atoms. The van der Waals surface area contributed by atoms with Crippen molar-refractivity contribution in [2.45, 2.75) is 18.9 Å². The summed E-state index contributed by atoms with van der Waals surface area (Å²) in [5.74, 6) is 0.648. The van der Waals surface area contributed by atoms with Crippen LogP contribution in [0.1, 0.15) is 35.2 Å². The standard InChI is InChI=1S/C21H24N6O3/c1-25(2)21(29)27-13-7-10-16(27)18-24-17(15-9-4-5-12-26(15)18)19(28)23-14-8-6-11-22-20(14)30-3/h4-6,8-9,11-12,16H,7,10,13H2,1-3H3,(H,23,28). The van der Waals surface area contributed by atoms with Gasteiger partial charge >= 0.3 is 6.03 Å². The molecule has 4 rings (SSSR count). The molecule has 3 amide bonds. The van der Waals surface area contributed by atoms with Crippen LogP contribution in [0.15, 0.2) is 42.7 Å². The second-order valence-electron chi connectivity index (χ2n) is 7.32. The molecule has 0 aromatic carbocycles. The van der Waals surface area contributed by atoms with E-state index in [0.29, 0.717) is 35.1 Å². The second-order valence-corrected chi connectivity index (χ2v) is 7.32. The van der Waals surface area contributed by atoms with Crippen LogP contribution in [0, 0.1) is 0 Å². The molecule has 1 unspecified atom stereocenters. The van der Waals surface area contributed by atoms with Gasteiger partial charge in [0.1, 0.15) is 11.5 Å². The number of ether oxygens (including phenoxy) is 1. The number of amides is 3. The summed E-state index contributed by atoms with van der Waals surface area (Å²) in [6.07, 6.45) is 5.15. The molecule has 4 heterocycles. The van der Waals surface area contributed by atoms with E-state index in [1.54, 1.807) is 37.3 Å². The van der Waals surface area contributed by atoms with Gasteiger partial charge in [0.15, 0.2) is 5.69 Å². The summed E-state index contributed by atoms with van der Waals surface area (Å²) in [7, 11) is 4.97. The number of nitrogens with zero attached hydrogens (tertiary/aromatic N) is 5. The van der Waals surface area contributed by atoms with Crippen LogP contribution in [0.5, 0.6) is 5.88 Å². The van der Waals surface area contributed by atoms with Gasteiger partial charge in [-0.2, -0.15) is 0 Å². The zero-order chi connectivity index (χ0) is 21.3. The van der Waals surface area contributed by atoms with Gasteiger partial charge in [-0.15, -0.1) is 0 Å². The van der Waals surface area contributed by atoms with E-state index in [4.69, 9.17) is 9.72 Å². The number of hydrogen-bond acceptors (Lipinski definition) is 5. The maximum atomic E-state index is 13.1. The van der Waals surface area contributed by atoms with Crippen LogP contribution < -0.4 is 10.1 Å². The van der Waals surface area contributed by atoms with Crippen molar-refractivity contribution in [2.75, 3.05) is 33.1 Å². The Kier molecular flexibility index (Phi) is 5.26. The maximum Gasteiger partial charge on any atom is 0.320 e. The minimum Gasteiger partial charge on any atom is -0.480 e.